The summed E-state index contributed by atoms with van der Waals surface area (Å²) in [6, 6.07) is 29.3. The van der Waals surface area contributed by atoms with Crippen LogP contribution in [0.15, 0.2) is 96.4 Å². The molecule has 6 heteroatoms. The average Bonchev–Trinajstić information content (AvgIpc) is 3.51. The molecular formula is C37H34N2O4. The molecule has 7 rings (SSSR count). The van der Waals surface area contributed by atoms with Crippen LogP contribution in [0.3, 0.4) is 0 Å². The molecule has 0 bridgehead atoms. The molecule has 0 aliphatic carbocycles. The van der Waals surface area contributed by atoms with Crippen molar-refractivity contribution in [3.8, 4) is 0 Å². The second kappa shape index (κ2) is 10.5. The van der Waals surface area contributed by atoms with Gasteiger partial charge in [-0.1, -0.05) is 48.5 Å². The maximum atomic E-state index is 13.8. The third kappa shape index (κ3) is 4.50. The third-order valence-corrected chi connectivity index (χ3v) is 8.27. The number of hydrogen-bond acceptors (Lipinski definition) is 4. The number of rotatable bonds is 6. The summed E-state index contributed by atoms with van der Waals surface area (Å²) < 4.78 is 22.6. The Bertz CT molecular complexity index is 1970. The fourth-order valence-corrected chi connectivity index (χ4v) is 6.45. The summed E-state index contributed by atoms with van der Waals surface area (Å²) in [4.78, 5) is 13.8. The van der Waals surface area contributed by atoms with E-state index in [0.29, 0.717) is 6.61 Å². The van der Waals surface area contributed by atoms with E-state index in [1.54, 1.807) is 19.1 Å². The average molecular weight is 571 g/mol. The predicted molar refractivity (Wildman–Crippen MR) is 173 cm³/mol. The van der Waals surface area contributed by atoms with Crippen molar-refractivity contribution in [1.29, 1.82) is 0 Å². The Balaban J connectivity index is 1.32. The zero-order chi connectivity index (χ0) is 29.7. The van der Waals surface area contributed by atoms with Crippen LogP contribution in [-0.2, 0) is 32.1 Å². The molecule has 0 atom stereocenters. The van der Waals surface area contributed by atoms with E-state index in [9.17, 15) is 4.79 Å². The Morgan fingerprint density at radius 1 is 0.651 bits per heavy atom. The molecule has 216 valence electrons. The van der Waals surface area contributed by atoms with Crippen LogP contribution in [0, 0.1) is 0 Å². The van der Waals surface area contributed by atoms with Gasteiger partial charge < -0.3 is 23.3 Å². The highest BCUT2D eigenvalue weighted by Crippen LogP contribution is 2.36. The first kappa shape index (κ1) is 27.0. The van der Waals surface area contributed by atoms with E-state index < -0.39 is 5.97 Å². The second-order valence-corrected chi connectivity index (χ2v) is 10.9. The van der Waals surface area contributed by atoms with E-state index in [1.165, 1.54) is 21.8 Å². The van der Waals surface area contributed by atoms with Gasteiger partial charge in [0.15, 0.2) is 11.5 Å². The Morgan fingerprint density at radius 2 is 1.09 bits per heavy atom. The number of Topliss-reactive ketones (excluding diaryl/α,β-unsaturated/α-hetero) is 1. The van der Waals surface area contributed by atoms with Gasteiger partial charge >= 0.3 is 5.97 Å². The van der Waals surface area contributed by atoms with Crippen molar-refractivity contribution in [1.82, 2.24) is 9.13 Å². The van der Waals surface area contributed by atoms with Gasteiger partial charge in [-0.2, -0.15) is 0 Å². The van der Waals surface area contributed by atoms with E-state index in [-0.39, 0.29) is 17.3 Å². The van der Waals surface area contributed by atoms with Crippen molar-refractivity contribution in [2.24, 2.45) is 0 Å². The van der Waals surface area contributed by atoms with Crippen LogP contribution in [0.1, 0.15) is 38.8 Å². The van der Waals surface area contributed by atoms with Crippen molar-refractivity contribution in [2.75, 3.05) is 6.61 Å². The molecule has 0 saturated carbocycles. The van der Waals surface area contributed by atoms with E-state index in [0.717, 1.165) is 46.0 Å². The Labute approximate surface area is 250 Å². The van der Waals surface area contributed by atoms with Crippen molar-refractivity contribution < 1.29 is 19.0 Å². The molecule has 2 aromatic heterocycles. The number of ketones is 1. The fourth-order valence-electron chi connectivity index (χ4n) is 6.45. The number of aromatic nitrogens is 2. The Hall–Kier alpha value is -4.81. The molecular weight excluding hydrogens is 536 g/mol. The number of aryl methyl sites for hydroxylation is 2. The molecule has 6 aromatic rings. The van der Waals surface area contributed by atoms with Gasteiger partial charge in [0.05, 0.1) is 6.61 Å². The lowest BCUT2D eigenvalue weighted by Gasteiger charge is -2.35. The lowest BCUT2D eigenvalue weighted by Crippen LogP contribution is -2.42. The fraction of sp³-hybridized carbons (Fsp3) is 0.216. The summed E-state index contributed by atoms with van der Waals surface area (Å²) in [5.41, 5.74) is 6.43. The summed E-state index contributed by atoms with van der Waals surface area (Å²) in [6.07, 6.45) is 3.57. The molecule has 0 unspecified atom stereocenters. The van der Waals surface area contributed by atoms with Crippen LogP contribution < -0.4 is 0 Å². The van der Waals surface area contributed by atoms with Gasteiger partial charge in [0.1, 0.15) is 0 Å². The summed E-state index contributed by atoms with van der Waals surface area (Å²) in [7, 11) is 0. The molecule has 43 heavy (non-hydrogen) atoms. The maximum absolute atomic E-state index is 13.8. The van der Waals surface area contributed by atoms with Crippen LogP contribution in [0.2, 0.25) is 0 Å². The van der Waals surface area contributed by atoms with Crippen LogP contribution in [0.4, 0.5) is 0 Å². The first-order valence-electron chi connectivity index (χ1n) is 14.9. The number of fused-ring (bicyclic) bond motifs is 6. The highest BCUT2D eigenvalue weighted by atomic mass is 16.9. The van der Waals surface area contributed by atoms with Crippen molar-refractivity contribution in [3.05, 3.63) is 108 Å². The predicted octanol–water partition coefficient (Wildman–Crippen LogP) is 8.65. The highest BCUT2D eigenvalue weighted by molar-refractivity contribution is 6.13. The largest absolute Gasteiger partial charge is 0.426 e. The van der Waals surface area contributed by atoms with E-state index in [2.05, 4.69) is 95.8 Å². The first-order chi connectivity index (χ1) is 20.9. The molecule has 1 aliphatic heterocycles. The summed E-state index contributed by atoms with van der Waals surface area (Å²) in [5, 5.41) is 4.63. The Kier molecular flexibility index (Phi) is 6.59. The molecule has 0 spiro atoms. The van der Waals surface area contributed by atoms with Crippen molar-refractivity contribution in [2.45, 2.75) is 46.8 Å². The summed E-state index contributed by atoms with van der Waals surface area (Å²) >= 11 is 0. The molecule has 1 aliphatic rings. The van der Waals surface area contributed by atoms with Crippen LogP contribution in [0.25, 0.3) is 55.8 Å². The molecule has 3 heterocycles. The lowest BCUT2D eigenvalue weighted by atomic mass is 10.1. The normalized spacial score (nSPS) is 19.2. The van der Waals surface area contributed by atoms with Gasteiger partial charge in [-0.3, -0.25) is 4.79 Å². The number of ether oxygens (including phenoxy) is 3. The van der Waals surface area contributed by atoms with Gasteiger partial charge in [-0.05, 0) is 80.4 Å². The quantitative estimate of drug-likeness (QED) is 0.188. The number of carbonyl (C=O) groups excluding carboxylic acids is 1. The van der Waals surface area contributed by atoms with Crippen LogP contribution in [-0.4, -0.2) is 27.5 Å². The SMILES string of the molecule is CCOC1(C)OC(=Cc2ccc3c(c2)c2ccccc2n3CC)C(=O)C(=Cc2ccc3c(c2)c2ccccc2n3CC)O1. The van der Waals surface area contributed by atoms with Gasteiger partial charge in [-0.25, -0.2) is 0 Å². The van der Waals surface area contributed by atoms with Crippen molar-refractivity contribution in [3.63, 3.8) is 0 Å². The highest BCUT2D eigenvalue weighted by Gasteiger charge is 2.41. The second-order valence-electron chi connectivity index (χ2n) is 10.9. The van der Waals surface area contributed by atoms with Gasteiger partial charge in [0, 0.05) is 63.6 Å². The molecule has 6 nitrogen and oxygen atoms in total. The minimum atomic E-state index is -1.44. The third-order valence-electron chi connectivity index (χ3n) is 8.27. The molecule has 1 fully saturated rings. The Morgan fingerprint density at radius 3 is 1.53 bits per heavy atom. The number of para-hydroxylation sites is 2. The van der Waals surface area contributed by atoms with E-state index in [1.807, 2.05) is 19.1 Å². The van der Waals surface area contributed by atoms with Gasteiger partial charge in [0.2, 0.25) is 0 Å². The smallest absolute Gasteiger partial charge is 0.368 e. The monoisotopic (exact) mass is 570 g/mol. The lowest BCUT2D eigenvalue weighted by molar-refractivity contribution is -0.343. The zero-order valence-electron chi connectivity index (χ0n) is 24.9. The molecule has 0 radical (unpaired) electrons. The summed E-state index contributed by atoms with van der Waals surface area (Å²) in [5.74, 6) is -1.42. The van der Waals surface area contributed by atoms with E-state index in [4.69, 9.17) is 14.2 Å². The number of benzene rings is 4. The number of hydrogen-bond donors (Lipinski definition) is 0. The molecule has 4 aromatic carbocycles. The standard InChI is InChI=1S/C37H34N2O4/c1-5-38-30-14-10-8-12-26(30)28-20-24(16-18-32(28)38)22-34-36(40)35(43-37(4,42-34)41-7-3)23-25-17-19-33-29(21-25)27-13-9-11-15-31(27)39(33)6-2/h8-23H,5-7H2,1-4H3. The number of nitrogens with zero attached hydrogens (tertiary/aromatic N) is 2. The topological polar surface area (TPSA) is 54.6 Å². The molecule has 1 saturated heterocycles. The van der Waals surface area contributed by atoms with Crippen LogP contribution >= 0.6 is 0 Å². The maximum Gasteiger partial charge on any atom is 0.368 e. The van der Waals surface area contributed by atoms with Gasteiger partial charge in [0.25, 0.3) is 5.78 Å². The minimum Gasteiger partial charge on any atom is -0.426 e. The first-order valence-corrected chi connectivity index (χ1v) is 14.9. The summed E-state index contributed by atoms with van der Waals surface area (Å²) in [6.45, 7) is 9.97. The zero-order valence-corrected chi connectivity index (χ0v) is 24.9. The minimum absolute atomic E-state index is 0.177. The van der Waals surface area contributed by atoms with Crippen molar-refractivity contribution >= 4 is 61.5 Å². The van der Waals surface area contributed by atoms with E-state index >= 15 is 0 Å². The molecule has 0 N–H and O–H groups in total. The molecule has 0 amide bonds. The van der Waals surface area contributed by atoms with Gasteiger partial charge in [-0.15, -0.1) is 0 Å². The van der Waals surface area contributed by atoms with Crippen LogP contribution in [0.5, 0.6) is 0 Å². The number of carbonyl (C=O) groups is 1.